The molecule has 0 bridgehead atoms. The van der Waals surface area contributed by atoms with E-state index in [0.717, 1.165) is 54.5 Å². The van der Waals surface area contributed by atoms with Gasteiger partial charge in [-0.1, -0.05) is 126 Å². The van der Waals surface area contributed by atoms with Crippen molar-refractivity contribution in [2.24, 2.45) is 0 Å². The Balaban J connectivity index is 1.74. The number of hydrogen-bond acceptors (Lipinski definition) is 7. The molecular formula is C42H61ClO7Si. The fourth-order valence-electron chi connectivity index (χ4n) is 7.04. The normalized spacial score (nSPS) is 21.2. The molecule has 0 radical (unpaired) electrons. The fourth-order valence-corrected chi connectivity index (χ4v) is 11.1. The summed E-state index contributed by atoms with van der Waals surface area (Å²) in [4.78, 5) is 12.8. The molecule has 0 spiro atoms. The summed E-state index contributed by atoms with van der Waals surface area (Å²) >= 11 is 7.05. The lowest BCUT2D eigenvalue weighted by atomic mass is 9.87. The van der Waals surface area contributed by atoms with Crippen molar-refractivity contribution in [1.82, 2.24) is 0 Å². The lowest BCUT2D eigenvalue weighted by molar-refractivity contribution is -0.348. The molecule has 1 aliphatic rings. The van der Waals surface area contributed by atoms with Crippen molar-refractivity contribution in [2.75, 3.05) is 33.5 Å². The summed E-state index contributed by atoms with van der Waals surface area (Å²) < 4.78 is 31.4. The molecule has 3 aromatic carbocycles. The quantitative estimate of drug-likeness (QED) is 0.0848. The molecule has 0 unspecified atom stereocenters. The van der Waals surface area contributed by atoms with E-state index in [2.05, 4.69) is 34.6 Å². The van der Waals surface area contributed by atoms with Gasteiger partial charge in [-0.15, -0.1) is 0 Å². The lowest BCUT2D eigenvalue weighted by Gasteiger charge is -2.47. The average molecular weight is 741 g/mol. The van der Waals surface area contributed by atoms with E-state index in [9.17, 15) is 9.90 Å². The molecule has 1 saturated heterocycles. The van der Waals surface area contributed by atoms with Crippen LogP contribution in [0.15, 0.2) is 72.8 Å². The summed E-state index contributed by atoms with van der Waals surface area (Å²) in [5.41, 5.74) is 1.30. The van der Waals surface area contributed by atoms with E-state index in [0.29, 0.717) is 62.0 Å². The van der Waals surface area contributed by atoms with Crippen LogP contribution in [0.5, 0.6) is 5.75 Å². The van der Waals surface area contributed by atoms with Crippen molar-refractivity contribution in [1.29, 1.82) is 0 Å². The predicted molar refractivity (Wildman–Crippen MR) is 209 cm³/mol. The van der Waals surface area contributed by atoms with E-state index in [1.54, 1.807) is 13.2 Å². The largest absolute Gasteiger partial charge is 0.495 e. The minimum absolute atomic E-state index is 0.339. The van der Waals surface area contributed by atoms with Gasteiger partial charge in [-0.25, -0.2) is 0 Å². The van der Waals surface area contributed by atoms with Crippen LogP contribution < -0.4 is 15.1 Å². The highest BCUT2D eigenvalue weighted by molar-refractivity contribution is 6.98. The first-order valence-corrected chi connectivity index (χ1v) is 21.3. The molecule has 4 rings (SSSR count). The van der Waals surface area contributed by atoms with Crippen molar-refractivity contribution in [2.45, 2.75) is 122 Å². The molecular weight excluding hydrogens is 680 g/mol. The Morgan fingerprint density at radius 1 is 0.863 bits per heavy atom. The molecule has 1 heterocycles. The van der Waals surface area contributed by atoms with Gasteiger partial charge in [0.15, 0.2) is 0 Å². The van der Waals surface area contributed by atoms with E-state index in [-0.39, 0.29) is 0 Å². The molecule has 4 atom stereocenters. The maximum absolute atomic E-state index is 12.8. The number of ether oxygens (including phenoxy) is 5. The predicted octanol–water partition coefficient (Wildman–Crippen LogP) is 7.93. The Hall–Kier alpha value is -2.27. The van der Waals surface area contributed by atoms with Crippen LogP contribution in [0.1, 0.15) is 97.1 Å². The number of halogens is 1. The molecule has 51 heavy (non-hydrogen) atoms. The minimum Gasteiger partial charge on any atom is -0.495 e. The van der Waals surface area contributed by atoms with Crippen LogP contribution in [0.4, 0.5) is 0 Å². The summed E-state index contributed by atoms with van der Waals surface area (Å²) in [6, 6.07) is 23.7. The Morgan fingerprint density at radius 3 is 2.00 bits per heavy atom. The van der Waals surface area contributed by atoms with Crippen LogP contribution in [-0.2, 0) is 31.2 Å². The van der Waals surface area contributed by atoms with Gasteiger partial charge in [0, 0.05) is 31.8 Å². The molecule has 1 fully saturated rings. The Labute approximate surface area is 312 Å². The third-order valence-corrected chi connectivity index (χ3v) is 15.2. The number of unbranched alkanes of at least 4 members (excludes halogenated alkanes) is 3. The molecule has 282 valence electrons. The van der Waals surface area contributed by atoms with E-state index in [1.807, 2.05) is 66.7 Å². The van der Waals surface area contributed by atoms with Gasteiger partial charge in [0.1, 0.15) is 11.9 Å². The monoisotopic (exact) mass is 740 g/mol. The second kappa shape index (κ2) is 19.7. The zero-order valence-electron chi connectivity index (χ0n) is 31.7. The highest BCUT2D eigenvalue weighted by Crippen LogP contribution is 2.45. The van der Waals surface area contributed by atoms with E-state index in [4.69, 9.17) is 35.3 Å². The van der Waals surface area contributed by atoms with Gasteiger partial charge in [0.05, 0.1) is 30.9 Å². The molecule has 7 nitrogen and oxygen atoms in total. The smallest absolute Gasteiger partial charge is 0.258 e. The van der Waals surface area contributed by atoms with Gasteiger partial charge in [-0.05, 0) is 65.2 Å². The maximum Gasteiger partial charge on any atom is 0.258 e. The second-order valence-corrected chi connectivity index (χ2v) is 18.8. The summed E-state index contributed by atoms with van der Waals surface area (Å²) in [7, 11) is -1.68. The van der Waals surface area contributed by atoms with Gasteiger partial charge in [-0.3, -0.25) is 0 Å². The average Bonchev–Trinajstić information content (AvgIpc) is 3.14. The zero-order chi connectivity index (χ0) is 36.9. The summed E-state index contributed by atoms with van der Waals surface area (Å²) in [6.07, 6.45) is 5.79. The SMILES string of the molecule is CCCCOC[C@@H]1C[C@H](OCCCC)[C@@H](OCCCC)[C@@](O)(c2cc(CCC(C)(C)[Si](O)(c3ccccc3)c3ccccc3)c(Cl)c(OC)c2)O1. The van der Waals surface area contributed by atoms with Crippen LogP contribution in [0, 0.1) is 0 Å². The number of aliphatic hydroxyl groups is 1. The number of aryl methyl sites for hydroxylation is 1. The van der Waals surface area contributed by atoms with Crippen molar-refractivity contribution in [3.63, 3.8) is 0 Å². The first-order valence-electron chi connectivity index (χ1n) is 19.0. The third kappa shape index (κ3) is 10.0. The molecule has 2 N–H and O–H groups in total. The first kappa shape index (κ1) is 41.5. The van der Waals surface area contributed by atoms with Gasteiger partial charge in [-0.2, -0.15) is 0 Å². The topological polar surface area (TPSA) is 86.6 Å². The summed E-state index contributed by atoms with van der Waals surface area (Å²) in [5, 5.41) is 14.7. The second-order valence-electron chi connectivity index (χ2n) is 14.5. The van der Waals surface area contributed by atoms with Crippen molar-refractivity contribution >= 4 is 30.3 Å². The van der Waals surface area contributed by atoms with Crippen molar-refractivity contribution < 1.29 is 33.6 Å². The third-order valence-electron chi connectivity index (χ3n) is 10.3. The summed E-state index contributed by atoms with van der Waals surface area (Å²) in [5.74, 6) is -1.41. The van der Waals surface area contributed by atoms with Crippen molar-refractivity contribution in [3.8, 4) is 5.75 Å². The molecule has 0 aromatic heterocycles. The lowest BCUT2D eigenvalue weighted by Crippen LogP contribution is -2.65. The Kier molecular flexibility index (Phi) is 16.0. The molecule has 1 aliphatic heterocycles. The molecule has 0 aliphatic carbocycles. The van der Waals surface area contributed by atoms with Crippen LogP contribution in [0.25, 0.3) is 0 Å². The van der Waals surface area contributed by atoms with Crippen LogP contribution in [0.3, 0.4) is 0 Å². The molecule has 3 aromatic rings. The Bertz CT molecular complexity index is 1420. The van der Waals surface area contributed by atoms with E-state index in [1.165, 1.54) is 0 Å². The van der Waals surface area contributed by atoms with Gasteiger partial charge in [0.2, 0.25) is 5.79 Å². The number of methoxy groups -OCH3 is 1. The highest BCUT2D eigenvalue weighted by Gasteiger charge is 2.53. The fraction of sp³-hybridized carbons (Fsp3) is 0.571. The van der Waals surface area contributed by atoms with E-state index >= 15 is 0 Å². The summed E-state index contributed by atoms with van der Waals surface area (Å²) in [6.45, 7) is 12.7. The standard InChI is InChI=1S/C42H61ClO7Si/c1-7-10-25-47-31-34-30-38(48-26-11-8-2)40(49-27-12-9-3)42(44,50-34)33-28-32(39(43)37(29-33)46-6)23-24-41(4,5)51(45,35-19-15-13-16-20-35)36-21-17-14-18-22-36/h13-22,28-29,34,38,40,44-45H,7-12,23-27,30-31H2,1-6H3/t34-,38-,40+,42+/m0/s1. The molecule has 0 amide bonds. The first-order chi connectivity index (χ1) is 24.5. The number of benzene rings is 3. The Morgan fingerprint density at radius 2 is 1.43 bits per heavy atom. The van der Waals surface area contributed by atoms with E-state index < -0.39 is 37.5 Å². The molecule has 0 saturated carbocycles. The van der Waals surface area contributed by atoms with Gasteiger partial charge < -0.3 is 33.6 Å². The van der Waals surface area contributed by atoms with Crippen LogP contribution >= 0.6 is 11.6 Å². The zero-order valence-corrected chi connectivity index (χ0v) is 33.4. The molecule has 9 heteroatoms. The number of hydrogen-bond donors (Lipinski definition) is 2. The highest BCUT2D eigenvalue weighted by atomic mass is 35.5. The van der Waals surface area contributed by atoms with Crippen molar-refractivity contribution in [3.05, 3.63) is 88.9 Å². The maximum atomic E-state index is 12.8. The van der Waals surface area contributed by atoms with Crippen LogP contribution in [-0.4, -0.2) is 70.1 Å². The van der Waals surface area contributed by atoms with Gasteiger partial charge in [0.25, 0.3) is 8.32 Å². The van der Waals surface area contributed by atoms with Gasteiger partial charge >= 0.3 is 0 Å². The van der Waals surface area contributed by atoms with Crippen LogP contribution in [0.2, 0.25) is 10.1 Å². The number of rotatable bonds is 21. The minimum atomic E-state index is -3.26.